The van der Waals surface area contributed by atoms with Gasteiger partial charge in [-0.1, -0.05) is 152 Å². The van der Waals surface area contributed by atoms with Crippen molar-refractivity contribution in [2.75, 3.05) is 5.75 Å². The summed E-state index contributed by atoms with van der Waals surface area (Å²) in [7, 11) is -3.76. The van der Waals surface area contributed by atoms with E-state index < -0.39 is 15.1 Å². The van der Waals surface area contributed by atoms with Crippen molar-refractivity contribution in [2.24, 2.45) is 0 Å². The molecule has 0 aliphatic rings. The van der Waals surface area contributed by atoms with E-state index in [-0.39, 0.29) is 0 Å². The highest BCUT2D eigenvalue weighted by Crippen LogP contribution is 2.68. The molecule has 0 spiro atoms. The Morgan fingerprint density at radius 1 is 0.476 bits per heavy atom. The van der Waals surface area contributed by atoms with E-state index in [4.69, 9.17) is 0 Å². The lowest BCUT2D eigenvalue weighted by molar-refractivity contribution is 0.361. The van der Waals surface area contributed by atoms with Gasteiger partial charge in [0.1, 0.15) is 0 Å². The second kappa shape index (κ2) is 17.6. The van der Waals surface area contributed by atoms with E-state index in [9.17, 15) is 14.7 Å². The molecule has 0 atom stereocenters. The highest BCUT2D eigenvalue weighted by atomic mass is 32.6. The molecule has 0 bridgehead atoms. The van der Waals surface area contributed by atoms with Crippen molar-refractivity contribution in [3.05, 3.63) is 90.5 Å². The van der Waals surface area contributed by atoms with Gasteiger partial charge in [-0.05, 0) is 70.7 Å². The Kier molecular flexibility index (Phi) is 14.6. The van der Waals surface area contributed by atoms with Crippen molar-refractivity contribution < 1.29 is 14.7 Å². The second-order valence-electron chi connectivity index (χ2n) is 11.9. The molecule has 0 aliphatic heterocycles. The average Bonchev–Trinajstić information content (AvgIpc) is 3.01. The van der Waals surface area contributed by atoms with Crippen LogP contribution < -0.4 is 0 Å². The van der Waals surface area contributed by atoms with Gasteiger partial charge < -0.3 is 14.7 Å². The summed E-state index contributed by atoms with van der Waals surface area (Å²) in [5.41, 5.74) is 1.14. The SMILES string of the molecule is CCCCCCCCCCc1ccccc1S(CCCCCCCCC)(c1ccccc1)(c1ccccc1)=P(O)(O)O. The van der Waals surface area contributed by atoms with E-state index in [2.05, 4.69) is 32.0 Å². The van der Waals surface area contributed by atoms with Crippen LogP contribution in [0, 0.1) is 0 Å². The molecular weight excluding hydrogens is 555 g/mol. The third-order valence-electron chi connectivity index (χ3n) is 8.93. The van der Waals surface area contributed by atoms with Crippen LogP contribution in [-0.2, 0) is 14.8 Å². The van der Waals surface area contributed by atoms with Crippen LogP contribution in [0.5, 0.6) is 0 Å². The summed E-state index contributed by atoms with van der Waals surface area (Å²) in [5, 5.41) is 0. The van der Waals surface area contributed by atoms with Crippen LogP contribution in [0.15, 0.2) is 99.6 Å². The monoisotopic (exact) mass is 612 g/mol. The summed E-state index contributed by atoms with van der Waals surface area (Å²) in [4.78, 5) is 38.7. The molecule has 0 saturated heterocycles. The molecule has 3 N–H and O–H groups in total. The minimum atomic E-state index is -4.50. The van der Waals surface area contributed by atoms with E-state index in [0.717, 1.165) is 52.4 Å². The molecule has 0 radical (unpaired) electrons. The predicted octanol–water partition coefficient (Wildman–Crippen LogP) is 10.9. The van der Waals surface area contributed by atoms with Crippen LogP contribution in [-0.4, -0.2) is 20.4 Å². The van der Waals surface area contributed by atoms with E-state index in [1.54, 1.807) is 0 Å². The van der Waals surface area contributed by atoms with Gasteiger partial charge in [-0.15, -0.1) is 8.34 Å². The van der Waals surface area contributed by atoms with Crippen LogP contribution in [0.25, 0.3) is 0 Å². The molecular formula is C37H57O3PS. The number of rotatable bonds is 20. The standard InChI is InChI=1S/C37H57O3PS/c1-3-5-7-9-11-12-14-18-26-34-27-23-24-32-37(34)42(41(38,39)40,35-28-19-16-20-29-35,36-30-21-17-22-31-36)33-25-15-13-10-8-6-4-2/h16-17,19-24,27-32,38-40H,3-15,18,25-26,33H2,1-2H3. The number of aryl methyl sites for hydroxylation is 1. The highest BCUT2D eigenvalue weighted by molar-refractivity contribution is 8.51. The molecule has 3 aromatic rings. The second-order valence-corrected chi connectivity index (χ2v) is 20.9. The topological polar surface area (TPSA) is 60.7 Å². The van der Waals surface area contributed by atoms with Gasteiger partial charge in [0.15, 0.2) is 0 Å². The molecule has 0 unspecified atom stereocenters. The van der Waals surface area contributed by atoms with Gasteiger partial charge in [-0.25, -0.2) is 0 Å². The van der Waals surface area contributed by atoms with E-state index >= 15 is 0 Å². The lowest BCUT2D eigenvalue weighted by Gasteiger charge is -2.54. The Bertz CT molecular complexity index is 1210. The summed E-state index contributed by atoms with van der Waals surface area (Å²) in [6.45, 7) is -0.00519. The van der Waals surface area contributed by atoms with Crippen molar-refractivity contribution in [3.8, 4) is 0 Å². The normalized spacial score (nSPS) is 13.1. The van der Waals surface area contributed by atoms with Gasteiger partial charge in [-0.2, -0.15) is 0 Å². The van der Waals surface area contributed by atoms with Crippen molar-refractivity contribution in [3.63, 3.8) is 0 Å². The first kappa shape index (κ1) is 34.8. The molecule has 0 saturated carbocycles. The fraction of sp³-hybridized carbons (Fsp3) is 0.514. The van der Waals surface area contributed by atoms with E-state index in [1.807, 2.05) is 66.7 Å². The van der Waals surface area contributed by atoms with Crippen LogP contribution in [0.2, 0.25) is 0 Å². The van der Waals surface area contributed by atoms with Gasteiger partial charge in [0, 0.05) is 4.90 Å². The third kappa shape index (κ3) is 7.88. The number of hydrogen-bond donors (Lipinski definition) is 3. The molecule has 0 fully saturated rings. The highest BCUT2D eigenvalue weighted by Gasteiger charge is 2.49. The minimum absolute atomic E-state index is 0.532. The quantitative estimate of drug-likeness (QED) is 0.0879. The third-order valence-corrected chi connectivity index (χ3v) is 20.7. The zero-order chi connectivity index (χ0) is 30.2. The molecule has 42 heavy (non-hydrogen) atoms. The molecule has 0 aliphatic carbocycles. The Hall–Kier alpha value is -1.68. The fourth-order valence-corrected chi connectivity index (χ4v) is 17.4. The Morgan fingerprint density at radius 3 is 1.36 bits per heavy atom. The summed E-state index contributed by atoms with van der Waals surface area (Å²) < 4.78 is 0. The summed E-state index contributed by atoms with van der Waals surface area (Å²) in [6, 6.07) is 28.3. The number of hydrogen-bond acceptors (Lipinski definition) is 0. The molecule has 0 heterocycles. The van der Waals surface area contributed by atoms with Crippen molar-refractivity contribution in [1.82, 2.24) is 0 Å². The average molecular weight is 613 g/mol. The van der Waals surface area contributed by atoms with Crippen LogP contribution in [0.4, 0.5) is 0 Å². The molecule has 3 aromatic carbocycles. The van der Waals surface area contributed by atoms with Gasteiger partial charge in [0.05, 0.1) is 0 Å². The number of benzene rings is 3. The lowest BCUT2D eigenvalue weighted by Crippen LogP contribution is -2.40. The Labute approximate surface area is 256 Å². The smallest absolute Gasteiger partial charge is 0.273 e. The van der Waals surface area contributed by atoms with Crippen LogP contribution in [0.3, 0.4) is 0 Å². The predicted molar refractivity (Wildman–Crippen MR) is 184 cm³/mol. The molecule has 0 amide bonds. The lowest BCUT2D eigenvalue weighted by atomic mass is 10.0. The zero-order valence-corrected chi connectivity index (χ0v) is 28.0. The summed E-state index contributed by atoms with van der Waals surface area (Å²) in [6.07, 6.45) is 18.7. The van der Waals surface area contributed by atoms with Crippen molar-refractivity contribution >= 4 is 15.1 Å². The van der Waals surface area contributed by atoms with Crippen LogP contribution >= 0.6 is 6.72 Å². The maximum Gasteiger partial charge on any atom is 0.273 e. The first-order chi connectivity index (χ1) is 20.4. The Balaban J connectivity index is 2.12. The molecule has 3 rings (SSSR count). The van der Waals surface area contributed by atoms with Crippen molar-refractivity contribution in [1.29, 1.82) is 0 Å². The Morgan fingerprint density at radius 2 is 0.881 bits per heavy atom. The van der Waals surface area contributed by atoms with E-state index in [0.29, 0.717) is 5.75 Å². The first-order valence-corrected chi connectivity index (χ1v) is 21.1. The number of unbranched alkanes of at least 4 members (excludes halogenated alkanes) is 13. The maximum absolute atomic E-state index is 12.0. The minimum Gasteiger partial charge on any atom is -0.329 e. The summed E-state index contributed by atoms with van der Waals surface area (Å²) >= 11 is 0. The van der Waals surface area contributed by atoms with Crippen molar-refractivity contribution in [2.45, 2.75) is 131 Å². The van der Waals surface area contributed by atoms with Gasteiger partial charge in [0.2, 0.25) is 0 Å². The maximum atomic E-state index is 12.0. The largest absolute Gasteiger partial charge is 0.329 e. The zero-order valence-electron chi connectivity index (χ0n) is 26.3. The van der Waals surface area contributed by atoms with Gasteiger partial charge in [0.25, 0.3) is 6.72 Å². The first-order valence-electron chi connectivity index (χ1n) is 16.6. The molecule has 5 heteroatoms. The summed E-state index contributed by atoms with van der Waals surface area (Å²) in [5.74, 6) is 0.532. The molecule has 0 aromatic heterocycles. The molecule has 3 nitrogen and oxygen atoms in total. The van der Waals surface area contributed by atoms with Crippen LogP contribution in [0.1, 0.15) is 116 Å². The fourth-order valence-electron chi connectivity index (χ4n) is 6.63. The van der Waals surface area contributed by atoms with E-state index in [1.165, 1.54) is 70.6 Å². The van der Waals surface area contributed by atoms with Gasteiger partial charge in [-0.3, -0.25) is 0 Å². The van der Waals surface area contributed by atoms with Gasteiger partial charge >= 0.3 is 0 Å². The molecule has 234 valence electrons.